The molecule has 1 heterocycles. The number of nitrogens with one attached hydrogen (secondary N) is 2. The molecule has 1 atom stereocenters. The van der Waals surface area contributed by atoms with Crippen molar-refractivity contribution in [3.05, 3.63) is 34.9 Å². The van der Waals surface area contributed by atoms with Gasteiger partial charge in [0, 0.05) is 23.5 Å². The zero-order valence-corrected chi connectivity index (χ0v) is 14.0. The number of halogens is 2. The Hall–Kier alpha value is -0.810. The number of morpholine rings is 1. The van der Waals surface area contributed by atoms with Crippen molar-refractivity contribution in [2.45, 2.75) is 30.7 Å². The topological polar surface area (TPSA) is 50.4 Å². The molecule has 2 aliphatic rings. The van der Waals surface area contributed by atoms with E-state index in [1.165, 1.54) is 12.0 Å². The molecular weight excluding hydrogens is 323 g/mol. The van der Waals surface area contributed by atoms with Crippen LogP contribution in [0.15, 0.2) is 24.3 Å². The van der Waals surface area contributed by atoms with Crippen LogP contribution in [0.2, 0.25) is 5.02 Å². The van der Waals surface area contributed by atoms with Gasteiger partial charge in [-0.05, 0) is 30.5 Å². The van der Waals surface area contributed by atoms with E-state index in [9.17, 15) is 4.79 Å². The zero-order chi connectivity index (χ0) is 14.7. The van der Waals surface area contributed by atoms with Gasteiger partial charge in [0.2, 0.25) is 5.91 Å². The Labute approximate surface area is 142 Å². The van der Waals surface area contributed by atoms with Crippen molar-refractivity contribution in [3.63, 3.8) is 0 Å². The summed E-state index contributed by atoms with van der Waals surface area (Å²) in [6.45, 7) is 2.56. The SMILES string of the molecule is Cl.O=C(NCC1(c2ccc(Cl)cc2)CCC1)C1COCCN1. The highest BCUT2D eigenvalue weighted by Crippen LogP contribution is 2.43. The highest BCUT2D eigenvalue weighted by atomic mass is 35.5. The summed E-state index contributed by atoms with van der Waals surface area (Å²) in [7, 11) is 0. The Bertz CT molecular complexity index is 497. The molecule has 22 heavy (non-hydrogen) atoms. The van der Waals surface area contributed by atoms with Gasteiger partial charge in [0.1, 0.15) is 6.04 Å². The largest absolute Gasteiger partial charge is 0.378 e. The quantitative estimate of drug-likeness (QED) is 0.880. The highest BCUT2D eigenvalue weighted by Gasteiger charge is 2.39. The molecule has 1 aliphatic heterocycles. The molecule has 1 aromatic rings. The number of amides is 1. The van der Waals surface area contributed by atoms with E-state index in [-0.39, 0.29) is 29.8 Å². The standard InChI is InChI=1S/C16H21ClN2O2.ClH/c17-13-4-2-12(3-5-13)16(6-1-7-16)11-19-15(20)14-10-21-9-8-18-14;/h2-5,14,18H,1,6-11H2,(H,19,20);1H. The summed E-state index contributed by atoms with van der Waals surface area (Å²) >= 11 is 5.96. The first-order valence-corrected chi connectivity index (χ1v) is 7.92. The molecular formula is C16H22Cl2N2O2. The van der Waals surface area contributed by atoms with Crippen LogP contribution in [0.1, 0.15) is 24.8 Å². The van der Waals surface area contributed by atoms with Crippen LogP contribution in [-0.2, 0) is 14.9 Å². The van der Waals surface area contributed by atoms with Gasteiger partial charge in [-0.1, -0.05) is 30.2 Å². The fraction of sp³-hybridized carbons (Fsp3) is 0.562. The van der Waals surface area contributed by atoms with Gasteiger partial charge in [0.15, 0.2) is 0 Å². The Kier molecular flexibility index (Phi) is 6.09. The summed E-state index contributed by atoms with van der Waals surface area (Å²) < 4.78 is 5.34. The second-order valence-corrected chi connectivity index (χ2v) is 6.38. The lowest BCUT2D eigenvalue weighted by Gasteiger charge is -2.43. The first-order chi connectivity index (χ1) is 10.2. The van der Waals surface area contributed by atoms with Gasteiger partial charge in [-0.2, -0.15) is 0 Å². The average molecular weight is 345 g/mol. The van der Waals surface area contributed by atoms with E-state index in [0.717, 1.165) is 24.4 Å². The summed E-state index contributed by atoms with van der Waals surface area (Å²) in [5.74, 6) is 0.0370. The van der Waals surface area contributed by atoms with Crippen LogP contribution in [0.25, 0.3) is 0 Å². The molecule has 2 N–H and O–H groups in total. The van der Waals surface area contributed by atoms with Crippen molar-refractivity contribution in [2.24, 2.45) is 0 Å². The Morgan fingerprint density at radius 3 is 2.64 bits per heavy atom. The maximum atomic E-state index is 12.2. The molecule has 0 aromatic heterocycles. The normalized spacial score (nSPS) is 23.0. The molecule has 1 aromatic carbocycles. The van der Waals surface area contributed by atoms with Crippen LogP contribution in [0, 0.1) is 0 Å². The maximum Gasteiger partial charge on any atom is 0.239 e. The van der Waals surface area contributed by atoms with Crippen molar-refractivity contribution >= 4 is 29.9 Å². The monoisotopic (exact) mass is 344 g/mol. The molecule has 2 fully saturated rings. The van der Waals surface area contributed by atoms with Crippen molar-refractivity contribution in [3.8, 4) is 0 Å². The molecule has 0 bridgehead atoms. The molecule has 1 amide bonds. The molecule has 1 unspecified atom stereocenters. The summed E-state index contributed by atoms with van der Waals surface area (Å²) in [4.78, 5) is 12.2. The molecule has 1 aliphatic carbocycles. The maximum absolute atomic E-state index is 12.2. The Morgan fingerprint density at radius 2 is 2.09 bits per heavy atom. The smallest absolute Gasteiger partial charge is 0.239 e. The third-order valence-corrected chi connectivity index (χ3v) is 4.86. The van der Waals surface area contributed by atoms with Crippen LogP contribution in [0.5, 0.6) is 0 Å². The summed E-state index contributed by atoms with van der Waals surface area (Å²) in [5.41, 5.74) is 1.35. The highest BCUT2D eigenvalue weighted by molar-refractivity contribution is 6.30. The predicted octanol–water partition coefficient (Wildman–Crippen LogP) is 2.29. The van der Waals surface area contributed by atoms with Gasteiger partial charge < -0.3 is 15.4 Å². The first-order valence-electron chi connectivity index (χ1n) is 7.55. The first kappa shape index (κ1) is 17.5. The van der Waals surface area contributed by atoms with Crippen LogP contribution >= 0.6 is 24.0 Å². The van der Waals surface area contributed by atoms with E-state index in [4.69, 9.17) is 16.3 Å². The minimum absolute atomic E-state index is 0. The number of carbonyl (C=O) groups excluding carboxylic acids is 1. The van der Waals surface area contributed by atoms with Gasteiger partial charge in [-0.3, -0.25) is 4.79 Å². The van der Waals surface area contributed by atoms with Gasteiger partial charge in [-0.15, -0.1) is 12.4 Å². The molecule has 1 saturated carbocycles. The molecule has 4 nitrogen and oxygen atoms in total. The number of carbonyl (C=O) groups is 1. The van der Waals surface area contributed by atoms with Crippen LogP contribution in [0.3, 0.4) is 0 Å². The third-order valence-electron chi connectivity index (χ3n) is 4.61. The third kappa shape index (κ3) is 3.74. The van der Waals surface area contributed by atoms with Crippen LogP contribution in [-0.4, -0.2) is 38.3 Å². The number of rotatable bonds is 4. The van der Waals surface area contributed by atoms with E-state index < -0.39 is 0 Å². The van der Waals surface area contributed by atoms with Gasteiger partial charge in [0.25, 0.3) is 0 Å². The molecule has 6 heteroatoms. The minimum Gasteiger partial charge on any atom is -0.378 e. The molecule has 0 radical (unpaired) electrons. The van der Waals surface area contributed by atoms with Crippen molar-refractivity contribution in [2.75, 3.05) is 26.3 Å². The van der Waals surface area contributed by atoms with Gasteiger partial charge in [0.05, 0.1) is 13.2 Å². The predicted molar refractivity (Wildman–Crippen MR) is 89.8 cm³/mol. The molecule has 3 rings (SSSR count). The second kappa shape index (κ2) is 7.64. The van der Waals surface area contributed by atoms with Crippen LogP contribution < -0.4 is 10.6 Å². The van der Waals surface area contributed by atoms with Crippen molar-refractivity contribution < 1.29 is 9.53 Å². The summed E-state index contributed by atoms with van der Waals surface area (Å²) in [6.07, 6.45) is 3.44. The average Bonchev–Trinajstić information content (AvgIpc) is 2.48. The lowest BCUT2D eigenvalue weighted by molar-refractivity contribution is -0.126. The van der Waals surface area contributed by atoms with E-state index in [0.29, 0.717) is 19.8 Å². The fourth-order valence-corrected chi connectivity index (χ4v) is 3.21. The van der Waals surface area contributed by atoms with E-state index in [1.807, 2.05) is 12.1 Å². The Morgan fingerprint density at radius 1 is 1.36 bits per heavy atom. The lowest BCUT2D eigenvalue weighted by atomic mass is 9.64. The minimum atomic E-state index is -0.221. The number of ether oxygens (including phenoxy) is 1. The fourth-order valence-electron chi connectivity index (χ4n) is 3.09. The van der Waals surface area contributed by atoms with E-state index >= 15 is 0 Å². The number of hydrogen-bond donors (Lipinski definition) is 2. The van der Waals surface area contributed by atoms with E-state index in [2.05, 4.69) is 22.8 Å². The van der Waals surface area contributed by atoms with Crippen molar-refractivity contribution in [1.82, 2.24) is 10.6 Å². The van der Waals surface area contributed by atoms with E-state index in [1.54, 1.807) is 0 Å². The van der Waals surface area contributed by atoms with Crippen LogP contribution in [0.4, 0.5) is 0 Å². The zero-order valence-electron chi connectivity index (χ0n) is 12.4. The summed E-state index contributed by atoms with van der Waals surface area (Å²) in [6, 6.07) is 7.79. The number of hydrogen-bond acceptors (Lipinski definition) is 3. The second-order valence-electron chi connectivity index (χ2n) is 5.94. The Balaban J connectivity index is 0.00000176. The lowest BCUT2D eigenvalue weighted by Crippen LogP contribution is -2.54. The molecule has 1 saturated heterocycles. The summed E-state index contributed by atoms with van der Waals surface area (Å²) in [5, 5.41) is 7.03. The van der Waals surface area contributed by atoms with Gasteiger partial charge in [-0.25, -0.2) is 0 Å². The molecule has 0 spiro atoms. The van der Waals surface area contributed by atoms with Gasteiger partial charge >= 0.3 is 0 Å². The van der Waals surface area contributed by atoms with Crippen molar-refractivity contribution in [1.29, 1.82) is 0 Å². The number of benzene rings is 1. The molecule has 122 valence electrons.